The number of nitrogens with one attached hydrogen (secondary N) is 3. The summed E-state index contributed by atoms with van der Waals surface area (Å²) in [4.78, 5) is 53.1. The molecule has 1 aliphatic rings. The number of hydrogen-bond donors (Lipinski definition) is 5. The van der Waals surface area contributed by atoms with Crippen LogP contribution in [0.2, 0.25) is 0 Å². The van der Waals surface area contributed by atoms with E-state index in [0.717, 1.165) is 11.1 Å². The van der Waals surface area contributed by atoms with Gasteiger partial charge in [0.15, 0.2) is 12.4 Å². The van der Waals surface area contributed by atoms with Crippen molar-refractivity contribution in [3.63, 3.8) is 0 Å². The summed E-state index contributed by atoms with van der Waals surface area (Å²) in [5.74, 6) is -2.10. The lowest BCUT2D eigenvalue weighted by molar-refractivity contribution is -0.263. The Hall–Kier alpha value is -4.82. The second-order valence-corrected chi connectivity index (χ2v) is 14.4. The molecule has 0 saturated carbocycles. The van der Waals surface area contributed by atoms with Gasteiger partial charge in [-0.1, -0.05) is 105 Å². The monoisotopic (exact) mass is 733 g/mol. The van der Waals surface area contributed by atoms with Crippen LogP contribution >= 0.6 is 0 Å². The predicted molar refractivity (Wildman–Crippen MR) is 195 cm³/mol. The molecule has 0 aliphatic carbocycles. The molecule has 5 N–H and O–H groups in total. The quantitative estimate of drug-likeness (QED) is 0.143. The average Bonchev–Trinajstić information content (AvgIpc) is 3.12. The largest absolute Gasteiger partial charge is 0.460 e. The van der Waals surface area contributed by atoms with Gasteiger partial charge in [-0.15, -0.1) is 0 Å². The zero-order chi connectivity index (χ0) is 38.5. The van der Waals surface area contributed by atoms with E-state index in [-0.39, 0.29) is 32.0 Å². The van der Waals surface area contributed by atoms with Crippen molar-refractivity contribution in [2.45, 2.75) is 109 Å². The summed E-state index contributed by atoms with van der Waals surface area (Å²) < 4.78 is 22.9. The minimum atomic E-state index is -1.83. The Bertz CT molecular complexity index is 1620. The number of amides is 3. The second-order valence-electron chi connectivity index (χ2n) is 14.4. The third-order valence-corrected chi connectivity index (χ3v) is 8.26. The van der Waals surface area contributed by atoms with Gasteiger partial charge >= 0.3 is 12.1 Å². The van der Waals surface area contributed by atoms with Crippen LogP contribution in [0.4, 0.5) is 4.79 Å². The van der Waals surface area contributed by atoms with E-state index in [1.165, 1.54) is 0 Å². The molecule has 3 amide bonds. The zero-order valence-corrected chi connectivity index (χ0v) is 30.8. The molecule has 13 heteroatoms. The van der Waals surface area contributed by atoms with Crippen LogP contribution in [-0.2, 0) is 46.5 Å². The highest BCUT2D eigenvalue weighted by atomic mass is 16.7. The van der Waals surface area contributed by atoms with Gasteiger partial charge in [-0.3, -0.25) is 14.4 Å². The number of esters is 1. The van der Waals surface area contributed by atoms with Crippen molar-refractivity contribution in [1.82, 2.24) is 16.0 Å². The number of aliphatic hydroxyl groups excluding tert-OH is 2. The van der Waals surface area contributed by atoms with Crippen molar-refractivity contribution >= 4 is 23.9 Å². The summed E-state index contributed by atoms with van der Waals surface area (Å²) in [5.41, 5.74) is 1.35. The Morgan fingerprint density at radius 1 is 0.792 bits per heavy atom. The minimum Gasteiger partial charge on any atom is -0.460 e. The van der Waals surface area contributed by atoms with Crippen molar-refractivity contribution < 1.29 is 48.3 Å². The summed E-state index contributed by atoms with van der Waals surface area (Å²) >= 11 is 0. The van der Waals surface area contributed by atoms with Gasteiger partial charge in [-0.25, -0.2) is 4.79 Å². The number of carbonyl (C=O) groups excluding carboxylic acids is 4. The van der Waals surface area contributed by atoms with Gasteiger partial charge in [-0.05, 0) is 49.8 Å². The number of rotatable bonds is 15. The van der Waals surface area contributed by atoms with Crippen molar-refractivity contribution in [3.8, 4) is 0 Å². The number of alkyl carbamates (subject to hydrolysis) is 1. The first-order chi connectivity index (χ1) is 25.2. The van der Waals surface area contributed by atoms with Gasteiger partial charge < -0.3 is 45.1 Å². The maximum absolute atomic E-state index is 13.8. The fraction of sp³-hybridized carbons (Fsp3) is 0.450. The molecular weight excluding hydrogens is 682 g/mol. The minimum absolute atomic E-state index is 0.00812. The SMILES string of the molecule is CC(C)C[C@H](NC(=O)OCc1ccccc1)C(=O)N[C@H]1[C@@H](OCc2ccccc2)O[C@H](C(=O)N[C@H](CC(=O)OC(C)(C)C)c2ccccc2)[C@H](O)[C@@H]1O. The molecule has 0 spiro atoms. The Kier molecular flexibility index (Phi) is 14.9. The van der Waals surface area contributed by atoms with Crippen LogP contribution in [0.1, 0.15) is 70.2 Å². The molecule has 0 bridgehead atoms. The second kappa shape index (κ2) is 19.3. The molecule has 1 fully saturated rings. The molecule has 1 heterocycles. The van der Waals surface area contributed by atoms with Gasteiger partial charge in [0.25, 0.3) is 5.91 Å². The molecule has 3 aromatic carbocycles. The zero-order valence-electron chi connectivity index (χ0n) is 30.8. The van der Waals surface area contributed by atoms with Gasteiger partial charge in [0.1, 0.15) is 36.5 Å². The first-order valence-corrected chi connectivity index (χ1v) is 17.7. The Balaban J connectivity index is 1.52. The van der Waals surface area contributed by atoms with Crippen molar-refractivity contribution in [1.29, 1.82) is 0 Å². The number of ether oxygens (including phenoxy) is 4. The number of aliphatic hydroxyl groups is 2. The Morgan fingerprint density at radius 2 is 1.36 bits per heavy atom. The highest BCUT2D eigenvalue weighted by Crippen LogP contribution is 2.26. The topological polar surface area (TPSA) is 182 Å². The molecule has 53 heavy (non-hydrogen) atoms. The first kappa shape index (κ1) is 40.9. The normalized spacial score (nSPS) is 21.2. The lowest BCUT2D eigenvalue weighted by Gasteiger charge is -2.42. The average molecular weight is 734 g/mol. The van der Waals surface area contributed by atoms with E-state index in [1.54, 1.807) is 75.4 Å². The maximum Gasteiger partial charge on any atom is 0.408 e. The van der Waals surface area contributed by atoms with Crippen molar-refractivity contribution in [3.05, 3.63) is 108 Å². The van der Waals surface area contributed by atoms with Crippen molar-refractivity contribution in [2.75, 3.05) is 0 Å². The molecule has 1 saturated heterocycles. The van der Waals surface area contributed by atoms with E-state index in [4.69, 9.17) is 18.9 Å². The van der Waals surface area contributed by atoms with Crippen LogP contribution in [0.3, 0.4) is 0 Å². The fourth-order valence-electron chi connectivity index (χ4n) is 5.74. The predicted octanol–water partition coefficient (Wildman–Crippen LogP) is 4.07. The van der Waals surface area contributed by atoms with Crippen LogP contribution in [-0.4, -0.2) is 76.4 Å². The third kappa shape index (κ3) is 13.0. The van der Waals surface area contributed by atoms with Crippen LogP contribution in [0.5, 0.6) is 0 Å². The summed E-state index contributed by atoms with van der Waals surface area (Å²) in [6.45, 7) is 8.92. The van der Waals surface area contributed by atoms with E-state index in [9.17, 15) is 29.4 Å². The summed E-state index contributed by atoms with van der Waals surface area (Å²) in [6, 6.07) is 23.6. The van der Waals surface area contributed by atoms with Crippen LogP contribution in [0, 0.1) is 5.92 Å². The Labute approximate surface area is 310 Å². The lowest BCUT2D eigenvalue weighted by atomic mass is 9.94. The van der Waals surface area contributed by atoms with Crippen LogP contribution < -0.4 is 16.0 Å². The summed E-state index contributed by atoms with van der Waals surface area (Å²) in [5, 5.41) is 30.8. The maximum atomic E-state index is 13.8. The molecule has 1 aliphatic heterocycles. The lowest BCUT2D eigenvalue weighted by Crippen LogP contribution is -2.67. The molecule has 7 atom stereocenters. The first-order valence-electron chi connectivity index (χ1n) is 17.7. The summed E-state index contributed by atoms with van der Waals surface area (Å²) in [6.07, 6.45) is -7.50. The highest BCUT2D eigenvalue weighted by molar-refractivity contribution is 5.86. The number of hydrogen-bond acceptors (Lipinski definition) is 10. The van der Waals surface area contributed by atoms with Gasteiger partial charge in [0.05, 0.1) is 19.1 Å². The smallest absolute Gasteiger partial charge is 0.408 e. The van der Waals surface area contributed by atoms with Crippen LogP contribution in [0.15, 0.2) is 91.0 Å². The molecule has 0 aromatic heterocycles. The molecule has 4 rings (SSSR count). The standard InChI is InChI=1S/C40H51N3O10/c1-25(2)21-30(42-39(49)51-24-27-17-11-7-12-18-27)36(47)43-32-33(45)34(46)35(52-38(32)50-23-26-15-9-6-10-16-26)37(48)41-29(28-19-13-8-14-20-28)22-31(44)53-40(3,4)5/h6-20,25,29-30,32-35,38,45-46H,21-24H2,1-5H3,(H,41,48)(H,42,49)(H,43,47)/t29-,30+,32-,33-,34-,35+,38+/m1/s1. The van der Waals surface area contributed by atoms with E-state index >= 15 is 0 Å². The van der Waals surface area contributed by atoms with E-state index < -0.39 is 72.2 Å². The molecule has 0 radical (unpaired) electrons. The molecule has 0 unspecified atom stereocenters. The van der Waals surface area contributed by atoms with Crippen molar-refractivity contribution in [2.24, 2.45) is 5.92 Å². The number of benzene rings is 3. The molecular formula is C40H51N3O10. The summed E-state index contributed by atoms with van der Waals surface area (Å²) in [7, 11) is 0. The van der Waals surface area contributed by atoms with E-state index in [1.807, 2.05) is 50.2 Å². The highest BCUT2D eigenvalue weighted by Gasteiger charge is 2.49. The van der Waals surface area contributed by atoms with E-state index in [0.29, 0.717) is 5.56 Å². The van der Waals surface area contributed by atoms with E-state index in [2.05, 4.69) is 16.0 Å². The molecule has 3 aromatic rings. The fourth-order valence-corrected chi connectivity index (χ4v) is 5.74. The van der Waals surface area contributed by atoms with Gasteiger partial charge in [0.2, 0.25) is 5.91 Å². The molecule has 13 nitrogen and oxygen atoms in total. The number of carbonyl (C=O) groups is 4. The van der Waals surface area contributed by atoms with Crippen LogP contribution in [0.25, 0.3) is 0 Å². The third-order valence-electron chi connectivity index (χ3n) is 8.26. The Morgan fingerprint density at radius 3 is 1.92 bits per heavy atom. The van der Waals surface area contributed by atoms with Gasteiger partial charge in [0, 0.05) is 0 Å². The van der Waals surface area contributed by atoms with Gasteiger partial charge in [-0.2, -0.15) is 0 Å². The molecule has 286 valence electrons.